The highest BCUT2D eigenvalue weighted by atomic mass is 127. The number of nitrogens with zero attached hydrogens (tertiary/aromatic N) is 1. The van der Waals surface area contributed by atoms with E-state index in [1.54, 1.807) is 22.6 Å². The second-order valence-corrected chi connectivity index (χ2v) is 3.88. The number of hydrogen-bond acceptors (Lipinski definition) is 1. The van der Waals surface area contributed by atoms with Crippen molar-refractivity contribution in [2.75, 3.05) is 0 Å². The van der Waals surface area contributed by atoms with E-state index in [-0.39, 0.29) is 3.57 Å². The lowest BCUT2D eigenvalue weighted by Crippen LogP contribution is -2.01. The molecule has 13 heavy (non-hydrogen) atoms. The number of hydrogen-bond donors (Lipinski definition) is 0. The Bertz CT molecular complexity index is 319. The molecule has 0 amide bonds. The summed E-state index contributed by atoms with van der Waals surface area (Å²) in [6.07, 6.45) is -1.57. The van der Waals surface area contributed by atoms with Crippen LogP contribution in [0.25, 0.3) is 0 Å². The molecule has 1 rings (SSSR count). The lowest BCUT2D eigenvalue weighted by molar-refractivity contribution is 0.144. The highest BCUT2D eigenvalue weighted by Gasteiger charge is 2.20. The summed E-state index contributed by atoms with van der Waals surface area (Å²) in [6, 6.07) is 0. The van der Waals surface area contributed by atoms with Crippen molar-refractivity contribution in [2.45, 2.75) is 11.8 Å². The second-order valence-electron chi connectivity index (χ2n) is 2.24. The molecule has 0 aromatic carbocycles. The molecule has 0 N–H and O–H groups in total. The quantitative estimate of drug-likeness (QED) is 0.443. The van der Waals surface area contributed by atoms with Crippen molar-refractivity contribution in [1.29, 1.82) is 0 Å². The molecule has 6 heteroatoms. The highest BCUT2D eigenvalue weighted by molar-refractivity contribution is 14.1. The van der Waals surface area contributed by atoms with Crippen LogP contribution in [0.2, 0.25) is 0 Å². The Kier molecular flexibility index (Phi) is 3.96. The minimum absolute atomic E-state index is 0.233. The third-order valence-corrected chi connectivity index (χ3v) is 3.31. The van der Waals surface area contributed by atoms with Gasteiger partial charge in [-0.05, 0) is 28.2 Å². The average Bonchev–Trinajstić information content (AvgIpc) is 2.04. The Morgan fingerprint density at radius 1 is 1.54 bits per heavy atom. The second kappa shape index (κ2) is 4.59. The van der Waals surface area contributed by atoms with Crippen molar-refractivity contribution < 1.29 is 13.2 Å². The summed E-state index contributed by atoms with van der Waals surface area (Å²) < 4.78 is 37.6. The number of pyridine rings is 1. The van der Waals surface area contributed by atoms with Crippen LogP contribution in [0.15, 0.2) is 6.20 Å². The summed E-state index contributed by atoms with van der Waals surface area (Å²) in [5.41, 5.74) is -0.0464. The number of halogens is 5. The van der Waals surface area contributed by atoms with Gasteiger partial charge in [-0.15, -0.1) is 0 Å². The van der Waals surface area contributed by atoms with E-state index in [0.717, 1.165) is 0 Å². The number of alkyl halides is 3. The molecule has 1 nitrogen and oxygen atoms in total. The minimum Gasteiger partial charge on any atom is -0.228 e. The van der Waals surface area contributed by atoms with Gasteiger partial charge in [0.2, 0.25) is 5.95 Å². The minimum atomic E-state index is -2.82. The molecule has 0 atom stereocenters. The fourth-order valence-electron chi connectivity index (χ4n) is 0.803. The van der Waals surface area contributed by atoms with Gasteiger partial charge in [-0.1, -0.05) is 15.9 Å². The molecular weight excluding hydrogens is 362 g/mol. The van der Waals surface area contributed by atoms with Crippen LogP contribution >= 0.6 is 38.5 Å². The van der Waals surface area contributed by atoms with Crippen LogP contribution in [0.4, 0.5) is 13.2 Å². The van der Waals surface area contributed by atoms with Gasteiger partial charge in [-0.2, -0.15) is 4.39 Å². The summed E-state index contributed by atoms with van der Waals surface area (Å²) in [4.78, 5) is 3.25. The van der Waals surface area contributed by atoms with Gasteiger partial charge in [-0.3, -0.25) is 0 Å². The molecule has 0 saturated heterocycles. The van der Waals surface area contributed by atoms with Crippen LogP contribution in [0.1, 0.15) is 17.6 Å². The first kappa shape index (κ1) is 11.2. The van der Waals surface area contributed by atoms with E-state index in [4.69, 9.17) is 0 Å². The summed E-state index contributed by atoms with van der Waals surface area (Å²) in [5, 5.41) is 0.387. The van der Waals surface area contributed by atoms with Crippen LogP contribution in [0.5, 0.6) is 0 Å². The van der Waals surface area contributed by atoms with E-state index in [1.165, 1.54) is 6.20 Å². The number of rotatable bonds is 2. The predicted octanol–water partition coefficient (Wildman–Crippen LogP) is 3.66. The molecule has 0 radical (unpaired) electrons. The normalized spacial score (nSPS) is 10.9. The molecule has 0 aliphatic rings. The molecule has 1 aromatic rings. The van der Waals surface area contributed by atoms with E-state index in [0.29, 0.717) is 10.9 Å². The van der Waals surface area contributed by atoms with Gasteiger partial charge in [0, 0.05) is 15.1 Å². The van der Waals surface area contributed by atoms with E-state index in [9.17, 15) is 13.2 Å². The zero-order valence-corrected chi connectivity index (χ0v) is 9.94. The first-order valence-electron chi connectivity index (χ1n) is 3.24. The Morgan fingerprint density at radius 3 is 2.62 bits per heavy atom. The van der Waals surface area contributed by atoms with E-state index < -0.39 is 17.9 Å². The SMILES string of the molecule is Fc1ncc(CBr)c(I)c1C(F)F. The van der Waals surface area contributed by atoms with E-state index >= 15 is 0 Å². The van der Waals surface area contributed by atoms with Gasteiger partial charge in [-0.25, -0.2) is 13.8 Å². The molecular formula is C7H4BrF3IN. The molecule has 0 unspecified atom stereocenters. The Labute approximate surface area is 95.0 Å². The monoisotopic (exact) mass is 365 g/mol. The smallest absolute Gasteiger partial charge is 0.228 e. The molecule has 0 aliphatic carbocycles. The molecule has 0 aliphatic heterocycles. The first-order valence-corrected chi connectivity index (χ1v) is 5.44. The van der Waals surface area contributed by atoms with Crippen LogP contribution in [-0.4, -0.2) is 4.98 Å². The van der Waals surface area contributed by atoms with Gasteiger partial charge < -0.3 is 0 Å². The van der Waals surface area contributed by atoms with Crippen LogP contribution in [0.3, 0.4) is 0 Å². The molecule has 0 saturated carbocycles. The highest BCUT2D eigenvalue weighted by Crippen LogP contribution is 2.29. The fraction of sp³-hybridized carbons (Fsp3) is 0.286. The van der Waals surface area contributed by atoms with Crippen LogP contribution < -0.4 is 0 Å². The van der Waals surface area contributed by atoms with Crippen molar-refractivity contribution in [3.8, 4) is 0 Å². The zero-order valence-electron chi connectivity index (χ0n) is 6.20. The first-order chi connectivity index (χ1) is 6.07. The molecule has 0 spiro atoms. The van der Waals surface area contributed by atoms with Gasteiger partial charge in [0.1, 0.15) is 0 Å². The maximum absolute atomic E-state index is 12.8. The third kappa shape index (κ3) is 2.34. The summed E-state index contributed by atoms with van der Waals surface area (Å²) in [6.45, 7) is 0. The van der Waals surface area contributed by atoms with Gasteiger partial charge in [0.25, 0.3) is 6.43 Å². The summed E-state index contributed by atoms with van der Waals surface area (Å²) in [5.74, 6) is -1.09. The molecule has 72 valence electrons. The average molecular weight is 366 g/mol. The summed E-state index contributed by atoms with van der Waals surface area (Å²) >= 11 is 4.80. The van der Waals surface area contributed by atoms with Crippen molar-refractivity contribution in [2.24, 2.45) is 0 Å². The van der Waals surface area contributed by atoms with Crippen molar-refractivity contribution in [3.05, 3.63) is 26.8 Å². The van der Waals surface area contributed by atoms with Gasteiger partial charge in [0.15, 0.2) is 0 Å². The largest absolute Gasteiger partial charge is 0.269 e. The Hall–Kier alpha value is 0.150. The molecule has 0 bridgehead atoms. The zero-order chi connectivity index (χ0) is 10.0. The van der Waals surface area contributed by atoms with E-state index in [1.807, 2.05) is 0 Å². The maximum Gasteiger partial charge on any atom is 0.269 e. The molecule has 0 fully saturated rings. The van der Waals surface area contributed by atoms with E-state index in [2.05, 4.69) is 20.9 Å². The van der Waals surface area contributed by atoms with Crippen LogP contribution in [0, 0.1) is 9.52 Å². The van der Waals surface area contributed by atoms with Gasteiger partial charge >= 0.3 is 0 Å². The fourth-order valence-corrected chi connectivity index (χ4v) is 2.54. The Morgan fingerprint density at radius 2 is 2.15 bits per heavy atom. The maximum atomic E-state index is 12.8. The molecule has 1 aromatic heterocycles. The molecule has 1 heterocycles. The summed E-state index contributed by atoms with van der Waals surface area (Å²) in [7, 11) is 0. The van der Waals surface area contributed by atoms with Gasteiger partial charge in [0.05, 0.1) is 5.56 Å². The number of aromatic nitrogens is 1. The lowest BCUT2D eigenvalue weighted by Gasteiger charge is -2.07. The standard InChI is InChI=1S/C7H4BrF3IN/c8-1-3-2-13-7(11)4(5(3)12)6(9)10/h2,6H,1H2. The van der Waals surface area contributed by atoms with Crippen molar-refractivity contribution >= 4 is 38.5 Å². The van der Waals surface area contributed by atoms with Crippen LogP contribution in [-0.2, 0) is 5.33 Å². The van der Waals surface area contributed by atoms with Crippen molar-refractivity contribution in [1.82, 2.24) is 4.98 Å². The topological polar surface area (TPSA) is 12.9 Å². The third-order valence-electron chi connectivity index (χ3n) is 1.44. The Balaban J connectivity index is 3.30. The predicted molar refractivity (Wildman–Crippen MR) is 54.5 cm³/mol. The lowest BCUT2D eigenvalue weighted by atomic mass is 10.2. The van der Waals surface area contributed by atoms with Crippen molar-refractivity contribution in [3.63, 3.8) is 0 Å².